The molecule has 0 fully saturated rings. The van der Waals surface area contributed by atoms with Gasteiger partial charge in [0, 0.05) is 18.4 Å². The molecule has 2 aromatic carbocycles. The summed E-state index contributed by atoms with van der Waals surface area (Å²) in [6.45, 7) is 2.44. The number of nitrogens with one attached hydrogen (secondary N) is 1. The summed E-state index contributed by atoms with van der Waals surface area (Å²) in [4.78, 5) is 16.7. The van der Waals surface area contributed by atoms with E-state index >= 15 is 0 Å². The highest BCUT2D eigenvalue weighted by atomic mass is 16.5. The summed E-state index contributed by atoms with van der Waals surface area (Å²) >= 11 is 0. The molecule has 3 aromatic rings. The van der Waals surface area contributed by atoms with Gasteiger partial charge < -0.3 is 24.1 Å². The number of ether oxygens (including phenoxy) is 3. The highest BCUT2D eigenvalue weighted by Crippen LogP contribution is 2.31. The maximum Gasteiger partial charge on any atom is 0.226 e. The second kappa shape index (κ2) is 10.3. The number of hydrogen-bond acceptors (Lipinski definition) is 7. The summed E-state index contributed by atoms with van der Waals surface area (Å²) in [5, 5.41) is 6.90. The predicted molar refractivity (Wildman–Crippen MR) is 112 cm³/mol. The van der Waals surface area contributed by atoms with Gasteiger partial charge in [0.05, 0.1) is 26.5 Å². The lowest BCUT2D eigenvalue weighted by molar-refractivity contribution is -0.116. The molecule has 0 aliphatic heterocycles. The Morgan fingerprint density at radius 3 is 2.63 bits per heavy atom. The second-order valence-corrected chi connectivity index (χ2v) is 6.41. The first-order chi connectivity index (χ1) is 14.6. The van der Waals surface area contributed by atoms with Gasteiger partial charge in [-0.25, -0.2) is 0 Å². The number of aryl methyl sites for hydroxylation is 1. The van der Waals surface area contributed by atoms with Crippen molar-refractivity contribution in [2.45, 2.75) is 26.2 Å². The molecule has 0 atom stereocenters. The fourth-order valence-electron chi connectivity index (χ4n) is 2.91. The van der Waals surface area contributed by atoms with Crippen molar-refractivity contribution in [3.63, 3.8) is 0 Å². The molecular formula is C22H25N3O5. The number of benzene rings is 2. The molecule has 0 spiro atoms. The van der Waals surface area contributed by atoms with Crippen LogP contribution < -0.4 is 19.5 Å². The van der Waals surface area contributed by atoms with E-state index in [0.29, 0.717) is 60.5 Å². The van der Waals surface area contributed by atoms with Crippen LogP contribution in [0.4, 0.5) is 5.69 Å². The molecule has 0 bridgehead atoms. The van der Waals surface area contributed by atoms with Crippen molar-refractivity contribution >= 4 is 11.6 Å². The Kier molecular flexibility index (Phi) is 7.26. The molecule has 1 aromatic heterocycles. The first kappa shape index (κ1) is 21.2. The van der Waals surface area contributed by atoms with Crippen LogP contribution in [0.2, 0.25) is 0 Å². The fraction of sp³-hybridized carbons (Fsp3) is 0.318. The van der Waals surface area contributed by atoms with Crippen LogP contribution in [-0.2, 0) is 11.2 Å². The van der Waals surface area contributed by atoms with Crippen molar-refractivity contribution in [1.82, 2.24) is 10.1 Å². The molecular weight excluding hydrogens is 386 g/mol. The Balaban J connectivity index is 1.54. The number of amides is 1. The van der Waals surface area contributed by atoms with Crippen molar-refractivity contribution in [2.75, 3.05) is 26.1 Å². The van der Waals surface area contributed by atoms with Gasteiger partial charge in [0.15, 0.2) is 11.5 Å². The van der Waals surface area contributed by atoms with E-state index in [1.54, 1.807) is 26.4 Å². The van der Waals surface area contributed by atoms with Gasteiger partial charge in [0.2, 0.25) is 17.6 Å². The summed E-state index contributed by atoms with van der Waals surface area (Å²) in [6, 6.07) is 12.8. The Morgan fingerprint density at radius 1 is 1.07 bits per heavy atom. The minimum atomic E-state index is -0.0956. The molecule has 1 amide bonds. The van der Waals surface area contributed by atoms with E-state index in [2.05, 4.69) is 15.5 Å². The smallest absolute Gasteiger partial charge is 0.226 e. The molecule has 1 N–H and O–H groups in total. The van der Waals surface area contributed by atoms with Crippen LogP contribution in [-0.4, -0.2) is 36.9 Å². The van der Waals surface area contributed by atoms with Crippen LogP contribution >= 0.6 is 0 Å². The molecule has 1 heterocycles. The Labute approximate surface area is 175 Å². The minimum Gasteiger partial charge on any atom is -0.493 e. The Bertz CT molecular complexity index is 986. The van der Waals surface area contributed by atoms with Gasteiger partial charge in [0.1, 0.15) is 5.75 Å². The lowest BCUT2D eigenvalue weighted by Gasteiger charge is -2.10. The molecule has 0 aliphatic rings. The largest absolute Gasteiger partial charge is 0.493 e. The number of para-hydroxylation sites is 2. The van der Waals surface area contributed by atoms with E-state index in [4.69, 9.17) is 18.7 Å². The fourth-order valence-corrected chi connectivity index (χ4v) is 2.91. The number of rotatable bonds is 10. The van der Waals surface area contributed by atoms with Gasteiger partial charge in [-0.2, -0.15) is 4.98 Å². The lowest BCUT2D eigenvalue weighted by Crippen LogP contribution is -2.12. The molecule has 0 aliphatic carbocycles. The number of methoxy groups -OCH3 is 2. The lowest BCUT2D eigenvalue weighted by atomic mass is 10.2. The molecule has 158 valence electrons. The van der Waals surface area contributed by atoms with Crippen LogP contribution in [0.1, 0.15) is 25.7 Å². The van der Waals surface area contributed by atoms with Crippen LogP contribution in [0.3, 0.4) is 0 Å². The average Bonchev–Trinajstić information content (AvgIpc) is 3.23. The topological polar surface area (TPSA) is 95.7 Å². The van der Waals surface area contributed by atoms with Crippen molar-refractivity contribution in [2.24, 2.45) is 0 Å². The summed E-state index contributed by atoms with van der Waals surface area (Å²) in [5.74, 6) is 2.71. The van der Waals surface area contributed by atoms with Gasteiger partial charge in [0.25, 0.3) is 0 Å². The molecule has 0 unspecified atom stereocenters. The molecule has 8 nitrogen and oxygen atoms in total. The monoisotopic (exact) mass is 411 g/mol. The number of anilines is 1. The Morgan fingerprint density at radius 2 is 1.87 bits per heavy atom. The van der Waals surface area contributed by atoms with Crippen LogP contribution in [0.15, 0.2) is 47.0 Å². The predicted octanol–water partition coefficient (Wildman–Crippen LogP) is 4.11. The third-order valence-electron chi connectivity index (χ3n) is 4.37. The van der Waals surface area contributed by atoms with E-state index in [1.165, 1.54) is 0 Å². The SMILES string of the molecule is CCOc1ccccc1NC(=O)CCCc1nc(-c2ccc(OC)c(OC)c2)no1. The Hall–Kier alpha value is -3.55. The van der Waals surface area contributed by atoms with Gasteiger partial charge >= 0.3 is 0 Å². The number of carbonyl (C=O) groups excluding carboxylic acids is 1. The van der Waals surface area contributed by atoms with Gasteiger partial charge in [-0.1, -0.05) is 17.3 Å². The highest BCUT2D eigenvalue weighted by Gasteiger charge is 2.13. The van der Waals surface area contributed by atoms with E-state index in [9.17, 15) is 4.79 Å². The van der Waals surface area contributed by atoms with E-state index in [0.717, 1.165) is 5.56 Å². The maximum atomic E-state index is 12.3. The molecule has 3 rings (SSSR count). The molecule has 8 heteroatoms. The molecule has 0 saturated carbocycles. The standard InChI is InChI=1S/C22H25N3O5/c1-4-29-17-9-6-5-8-16(17)23-20(26)10-7-11-21-24-22(25-30-21)15-12-13-18(27-2)19(14-15)28-3/h5-6,8-9,12-14H,4,7,10-11H2,1-3H3,(H,23,26). The molecule has 0 radical (unpaired) electrons. The molecule has 0 saturated heterocycles. The van der Waals surface area contributed by atoms with E-state index < -0.39 is 0 Å². The highest BCUT2D eigenvalue weighted by molar-refractivity contribution is 5.92. The van der Waals surface area contributed by atoms with E-state index in [1.807, 2.05) is 37.3 Å². The summed E-state index contributed by atoms with van der Waals surface area (Å²) < 4.78 is 21.4. The van der Waals surface area contributed by atoms with E-state index in [-0.39, 0.29) is 5.91 Å². The third-order valence-corrected chi connectivity index (χ3v) is 4.37. The van der Waals surface area contributed by atoms with Crippen molar-refractivity contribution in [1.29, 1.82) is 0 Å². The number of hydrogen-bond donors (Lipinski definition) is 1. The van der Waals surface area contributed by atoms with Crippen LogP contribution in [0.5, 0.6) is 17.2 Å². The van der Waals surface area contributed by atoms with Crippen molar-refractivity contribution < 1.29 is 23.5 Å². The summed E-state index contributed by atoms with van der Waals surface area (Å²) in [6.07, 6.45) is 1.41. The van der Waals surface area contributed by atoms with Crippen LogP contribution in [0, 0.1) is 0 Å². The average molecular weight is 411 g/mol. The summed E-state index contributed by atoms with van der Waals surface area (Å²) in [5.41, 5.74) is 1.42. The van der Waals surface area contributed by atoms with Gasteiger partial charge in [-0.15, -0.1) is 0 Å². The van der Waals surface area contributed by atoms with Crippen molar-refractivity contribution in [3.05, 3.63) is 48.4 Å². The van der Waals surface area contributed by atoms with Gasteiger partial charge in [-0.3, -0.25) is 4.79 Å². The zero-order valence-corrected chi connectivity index (χ0v) is 17.3. The molecule has 30 heavy (non-hydrogen) atoms. The zero-order chi connectivity index (χ0) is 21.3. The first-order valence-corrected chi connectivity index (χ1v) is 9.71. The summed E-state index contributed by atoms with van der Waals surface area (Å²) in [7, 11) is 3.15. The number of nitrogens with zero attached hydrogens (tertiary/aromatic N) is 2. The van der Waals surface area contributed by atoms with Crippen LogP contribution in [0.25, 0.3) is 11.4 Å². The first-order valence-electron chi connectivity index (χ1n) is 9.71. The third kappa shape index (κ3) is 5.28. The second-order valence-electron chi connectivity index (χ2n) is 6.41. The normalized spacial score (nSPS) is 10.5. The zero-order valence-electron chi connectivity index (χ0n) is 17.3. The van der Waals surface area contributed by atoms with Gasteiger partial charge in [-0.05, 0) is 43.7 Å². The number of carbonyl (C=O) groups is 1. The quantitative estimate of drug-likeness (QED) is 0.536. The minimum absolute atomic E-state index is 0.0956. The number of aromatic nitrogens is 2. The van der Waals surface area contributed by atoms with Crippen molar-refractivity contribution in [3.8, 4) is 28.6 Å². The maximum absolute atomic E-state index is 12.3.